The minimum absolute atomic E-state index is 0.0255. The lowest BCUT2D eigenvalue weighted by Gasteiger charge is -1.98. The predicted octanol–water partition coefficient (Wildman–Crippen LogP) is 0.477. The number of urea groups is 1. The van der Waals surface area contributed by atoms with Crippen LogP contribution in [-0.4, -0.2) is 11.9 Å². The number of nitrogens with two attached hydrogens (primary N) is 2. The Bertz CT molecular complexity index is 363. The van der Waals surface area contributed by atoms with Gasteiger partial charge in [-0.2, -0.15) is 4.39 Å². The van der Waals surface area contributed by atoms with E-state index in [0.29, 0.717) is 11.3 Å². The normalized spacial score (nSPS) is 9.62. The maximum Gasteiger partial charge on any atom is 0.317 e. The van der Waals surface area contributed by atoms with E-state index in [1.165, 1.54) is 0 Å². The molecule has 1 rings (SSSR count). The molecule has 1 aromatic heterocycles. The fourth-order valence-electron chi connectivity index (χ4n) is 0.749. The number of halogens is 1. The molecule has 3 amide bonds. The zero-order valence-electron chi connectivity index (χ0n) is 6.33. The number of nitrogens with one attached hydrogen (secondary N) is 1. The average molecular weight is 203 g/mol. The fraction of sp³-hybridized carbons (Fsp3) is 0. The summed E-state index contributed by atoms with van der Waals surface area (Å²) in [5.74, 6) is -0.816. The van der Waals surface area contributed by atoms with Gasteiger partial charge in [-0.05, 0) is 0 Å². The van der Waals surface area contributed by atoms with Crippen LogP contribution >= 0.6 is 11.3 Å². The van der Waals surface area contributed by atoms with Crippen molar-refractivity contribution in [2.75, 3.05) is 5.32 Å². The molecule has 5 nitrogen and oxygen atoms in total. The first-order valence-corrected chi connectivity index (χ1v) is 3.98. The molecule has 0 atom stereocenters. The molecule has 13 heavy (non-hydrogen) atoms. The molecule has 0 radical (unpaired) electrons. The zero-order chi connectivity index (χ0) is 10.0. The van der Waals surface area contributed by atoms with Crippen molar-refractivity contribution in [3.05, 3.63) is 16.8 Å². The van der Waals surface area contributed by atoms with Crippen LogP contribution in [0.15, 0.2) is 6.07 Å². The summed E-state index contributed by atoms with van der Waals surface area (Å²) in [6, 6.07) is 0.0718. The van der Waals surface area contributed by atoms with Crippen LogP contribution < -0.4 is 16.8 Å². The number of amides is 3. The molecule has 70 valence electrons. The van der Waals surface area contributed by atoms with Gasteiger partial charge in [0.05, 0.1) is 5.56 Å². The lowest BCUT2D eigenvalue weighted by Crippen LogP contribution is -2.21. The number of anilines is 1. The molecule has 0 saturated carbocycles. The average Bonchev–Trinajstić information content (AvgIpc) is 2.29. The number of carbonyl (C=O) groups is 2. The number of hydrogen-bond acceptors (Lipinski definition) is 3. The van der Waals surface area contributed by atoms with Crippen LogP contribution in [0.1, 0.15) is 10.4 Å². The molecule has 0 aromatic carbocycles. The number of primary amides is 2. The van der Waals surface area contributed by atoms with Crippen LogP contribution in [0.5, 0.6) is 0 Å². The third-order valence-corrected chi connectivity index (χ3v) is 2.04. The molecule has 1 aromatic rings. The summed E-state index contributed by atoms with van der Waals surface area (Å²) in [4.78, 5) is 21.1. The van der Waals surface area contributed by atoms with Crippen molar-refractivity contribution in [1.82, 2.24) is 0 Å². The van der Waals surface area contributed by atoms with Crippen LogP contribution in [0.25, 0.3) is 0 Å². The van der Waals surface area contributed by atoms with E-state index in [-0.39, 0.29) is 10.6 Å². The molecule has 5 N–H and O–H groups in total. The molecular weight excluding hydrogens is 197 g/mol. The smallest absolute Gasteiger partial charge is 0.317 e. The topological polar surface area (TPSA) is 98.2 Å². The second-order valence-electron chi connectivity index (χ2n) is 2.15. The molecule has 0 bridgehead atoms. The molecule has 0 saturated heterocycles. The predicted molar refractivity (Wildman–Crippen MR) is 46.0 cm³/mol. The van der Waals surface area contributed by atoms with E-state index in [4.69, 9.17) is 11.5 Å². The highest BCUT2D eigenvalue weighted by molar-refractivity contribution is 7.15. The fourth-order valence-corrected chi connectivity index (χ4v) is 1.54. The number of rotatable bonds is 2. The van der Waals surface area contributed by atoms with Crippen LogP contribution in [-0.2, 0) is 0 Å². The monoisotopic (exact) mass is 203 g/mol. The Kier molecular flexibility index (Phi) is 2.47. The number of thiophene rings is 1. The standard InChI is InChI=1S/C6H6FN3O2S/c7-3-1-2(4(8)11)5(13-3)10-6(9)12/h1H,(H2,8,11)(H3,9,10,12). The third-order valence-electron chi connectivity index (χ3n) is 1.20. The van der Waals surface area contributed by atoms with Gasteiger partial charge in [0.25, 0.3) is 5.91 Å². The molecule has 0 aliphatic rings. The van der Waals surface area contributed by atoms with Gasteiger partial charge in [-0.25, -0.2) is 4.79 Å². The number of hydrogen-bond donors (Lipinski definition) is 3. The maximum absolute atomic E-state index is 12.6. The molecule has 0 unspecified atom stereocenters. The highest BCUT2D eigenvalue weighted by Gasteiger charge is 2.14. The highest BCUT2D eigenvalue weighted by Crippen LogP contribution is 2.26. The second kappa shape index (κ2) is 3.40. The van der Waals surface area contributed by atoms with Gasteiger partial charge in [0.1, 0.15) is 5.00 Å². The quantitative estimate of drug-likeness (QED) is 0.651. The first-order valence-electron chi connectivity index (χ1n) is 3.16. The van der Waals surface area contributed by atoms with Crippen molar-refractivity contribution in [3.8, 4) is 0 Å². The van der Waals surface area contributed by atoms with Crippen LogP contribution in [0, 0.1) is 5.13 Å². The first kappa shape index (κ1) is 9.46. The Morgan fingerprint density at radius 2 is 2.08 bits per heavy atom. The van der Waals surface area contributed by atoms with E-state index in [2.05, 4.69) is 5.32 Å². The van der Waals surface area contributed by atoms with E-state index in [9.17, 15) is 14.0 Å². The zero-order valence-corrected chi connectivity index (χ0v) is 7.15. The summed E-state index contributed by atoms with van der Waals surface area (Å²) in [6.45, 7) is 0. The van der Waals surface area contributed by atoms with Crippen LogP contribution in [0.2, 0.25) is 0 Å². The summed E-state index contributed by atoms with van der Waals surface area (Å²) in [5, 5.41) is 1.50. The molecular formula is C6H6FN3O2S. The molecule has 0 aliphatic carbocycles. The van der Waals surface area contributed by atoms with E-state index in [1.807, 2.05) is 0 Å². The summed E-state index contributed by atoms with van der Waals surface area (Å²) in [5.41, 5.74) is 9.62. The van der Waals surface area contributed by atoms with Crippen LogP contribution in [0.3, 0.4) is 0 Å². The highest BCUT2D eigenvalue weighted by atomic mass is 32.1. The number of carbonyl (C=O) groups excluding carboxylic acids is 2. The van der Waals surface area contributed by atoms with Gasteiger partial charge in [0.2, 0.25) is 0 Å². The molecule has 1 heterocycles. The van der Waals surface area contributed by atoms with Crippen molar-refractivity contribution < 1.29 is 14.0 Å². The second-order valence-corrected chi connectivity index (χ2v) is 3.15. The SMILES string of the molecule is NC(=O)Nc1sc(F)cc1C(N)=O. The Balaban J connectivity index is 3.04. The lowest BCUT2D eigenvalue weighted by molar-refractivity contribution is 0.100. The van der Waals surface area contributed by atoms with Crippen LogP contribution in [0.4, 0.5) is 14.2 Å². The van der Waals surface area contributed by atoms with E-state index >= 15 is 0 Å². The lowest BCUT2D eigenvalue weighted by atomic mass is 10.3. The summed E-state index contributed by atoms with van der Waals surface area (Å²) in [7, 11) is 0. The van der Waals surface area contributed by atoms with Crippen molar-refractivity contribution in [2.24, 2.45) is 11.5 Å². The molecule has 0 aliphatic heterocycles. The maximum atomic E-state index is 12.6. The van der Waals surface area contributed by atoms with Crippen molar-refractivity contribution in [2.45, 2.75) is 0 Å². The van der Waals surface area contributed by atoms with E-state index in [0.717, 1.165) is 6.07 Å². The van der Waals surface area contributed by atoms with E-state index in [1.54, 1.807) is 0 Å². The molecule has 7 heteroatoms. The largest absolute Gasteiger partial charge is 0.366 e. The Labute approximate surface area is 76.5 Å². The minimum atomic E-state index is -0.871. The summed E-state index contributed by atoms with van der Waals surface area (Å²) in [6.07, 6.45) is 0. The van der Waals surface area contributed by atoms with Gasteiger partial charge in [-0.1, -0.05) is 11.3 Å². The molecule has 0 fully saturated rings. The van der Waals surface area contributed by atoms with E-state index < -0.39 is 17.1 Å². The third kappa shape index (κ3) is 2.15. The van der Waals surface area contributed by atoms with Gasteiger partial charge < -0.3 is 11.5 Å². The Morgan fingerprint density at radius 3 is 2.54 bits per heavy atom. The van der Waals surface area contributed by atoms with Gasteiger partial charge in [0, 0.05) is 6.07 Å². The minimum Gasteiger partial charge on any atom is -0.366 e. The van der Waals surface area contributed by atoms with Gasteiger partial charge in [0.15, 0.2) is 5.13 Å². The van der Waals surface area contributed by atoms with Crippen molar-refractivity contribution in [3.63, 3.8) is 0 Å². The van der Waals surface area contributed by atoms with Crippen molar-refractivity contribution >= 4 is 28.3 Å². The van der Waals surface area contributed by atoms with Gasteiger partial charge in [-0.15, -0.1) is 0 Å². The summed E-state index contributed by atoms with van der Waals surface area (Å²) >= 11 is 0.592. The van der Waals surface area contributed by atoms with Crippen molar-refractivity contribution in [1.29, 1.82) is 0 Å². The Morgan fingerprint density at radius 1 is 1.46 bits per heavy atom. The van der Waals surface area contributed by atoms with Gasteiger partial charge >= 0.3 is 6.03 Å². The Hall–Kier alpha value is -1.63. The summed E-state index contributed by atoms with van der Waals surface area (Å²) < 4.78 is 12.6. The van der Waals surface area contributed by atoms with Gasteiger partial charge in [-0.3, -0.25) is 10.1 Å². The first-order chi connectivity index (χ1) is 6.00. The molecule has 0 spiro atoms.